The molecule has 1 atom stereocenters. The van der Waals surface area contributed by atoms with Gasteiger partial charge in [-0.2, -0.15) is 0 Å². The van der Waals surface area contributed by atoms with Crippen molar-refractivity contribution in [1.82, 2.24) is 9.80 Å². The number of aliphatic hydroxyl groups is 1. The van der Waals surface area contributed by atoms with Gasteiger partial charge in [0.25, 0.3) is 0 Å². The van der Waals surface area contributed by atoms with Gasteiger partial charge in [0.2, 0.25) is 0 Å². The predicted octanol–water partition coefficient (Wildman–Crippen LogP) is -0.266. The van der Waals surface area contributed by atoms with Gasteiger partial charge in [-0.25, -0.2) is 0 Å². The lowest BCUT2D eigenvalue weighted by Crippen LogP contribution is -2.47. The van der Waals surface area contributed by atoms with Gasteiger partial charge in [0.15, 0.2) is 0 Å². The fraction of sp³-hybridized carbons (Fsp3) is 0.857. The number of rotatable bonds is 1. The molecule has 3 heteroatoms. The van der Waals surface area contributed by atoms with E-state index in [4.69, 9.17) is 5.11 Å². The molecule has 1 aliphatic rings. The van der Waals surface area contributed by atoms with Crippen molar-refractivity contribution in [2.24, 2.45) is 0 Å². The van der Waals surface area contributed by atoms with Crippen LogP contribution in [0.1, 0.15) is 6.92 Å². The number of hydrogen-bond acceptors (Lipinski definition) is 3. The second-order valence-electron chi connectivity index (χ2n) is 2.79. The highest BCUT2D eigenvalue weighted by Gasteiger charge is 2.16. The minimum atomic E-state index is -0.298. The molecule has 10 heavy (non-hydrogen) atoms. The first-order chi connectivity index (χ1) is 4.70. The van der Waals surface area contributed by atoms with E-state index in [0.29, 0.717) is 0 Å². The maximum Gasteiger partial charge on any atom is 0.104 e. The summed E-state index contributed by atoms with van der Waals surface area (Å²) in [5.41, 5.74) is 0. The summed E-state index contributed by atoms with van der Waals surface area (Å²) in [5, 5.41) is 9.15. The standard InChI is InChI=1S/C7H15N2O/c1-7(10)9-5-3-8(2)4-6-9/h7,10H,2-6H2,1H3. The third kappa shape index (κ3) is 1.94. The lowest BCUT2D eigenvalue weighted by molar-refractivity contribution is -0.00540. The van der Waals surface area contributed by atoms with Crippen LogP contribution in [-0.2, 0) is 0 Å². The van der Waals surface area contributed by atoms with Crippen LogP contribution in [0.3, 0.4) is 0 Å². The van der Waals surface area contributed by atoms with E-state index in [1.165, 1.54) is 0 Å². The molecule has 1 N–H and O–H groups in total. The first kappa shape index (κ1) is 7.98. The van der Waals surface area contributed by atoms with E-state index in [9.17, 15) is 0 Å². The van der Waals surface area contributed by atoms with E-state index in [0.717, 1.165) is 26.2 Å². The highest BCUT2D eigenvalue weighted by atomic mass is 16.3. The molecule has 1 saturated heterocycles. The van der Waals surface area contributed by atoms with E-state index < -0.39 is 0 Å². The summed E-state index contributed by atoms with van der Waals surface area (Å²) < 4.78 is 0. The third-order valence-corrected chi connectivity index (χ3v) is 1.94. The maximum atomic E-state index is 9.15. The van der Waals surface area contributed by atoms with Crippen molar-refractivity contribution in [3.8, 4) is 0 Å². The number of aliphatic hydroxyl groups excluding tert-OH is 1. The van der Waals surface area contributed by atoms with Crippen molar-refractivity contribution in [1.29, 1.82) is 0 Å². The largest absolute Gasteiger partial charge is 0.379 e. The van der Waals surface area contributed by atoms with Crippen molar-refractivity contribution in [3.63, 3.8) is 0 Å². The average molecular weight is 143 g/mol. The monoisotopic (exact) mass is 143 g/mol. The van der Waals surface area contributed by atoms with Crippen LogP contribution >= 0.6 is 0 Å². The lowest BCUT2D eigenvalue weighted by Gasteiger charge is -2.33. The Hall–Kier alpha value is -0.120. The Morgan fingerprint density at radius 3 is 2.20 bits per heavy atom. The van der Waals surface area contributed by atoms with E-state index in [-0.39, 0.29) is 6.23 Å². The summed E-state index contributed by atoms with van der Waals surface area (Å²) in [4.78, 5) is 4.07. The van der Waals surface area contributed by atoms with E-state index in [1.807, 2.05) is 9.80 Å². The molecule has 1 radical (unpaired) electrons. The second-order valence-corrected chi connectivity index (χ2v) is 2.79. The molecule has 0 aliphatic carbocycles. The summed E-state index contributed by atoms with van der Waals surface area (Å²) >= 11 is 0. The Morgan fingerprint density at radius 1 is 1.30 bits per heavy atom. The molecule has 0 aromatic rings. The molecule has 3 nitrogen and oxygen atoms in total. The molecule has 0 spiro atoms. The fourth-order valence-electron chi connectivity index (χ4n) is 1.14. The smallest absolute Gasteiger partial charge is 0.104 e. The molecular weight excluding hydrogens is 128 g/mol. The molecule has 0 amide bonds. The number of piperazine rings is 1. The first-order valence-electron chi connectivity index (χ1n) is 3.67. The van der Waals surface area contributed by atoms with Gasteiger partial charge in [0, 0.05) is 33.2 Å². The molecular formula is C7H15N2O. The summed E-state index contributed by atoms with van der Waals surface area (Å²) in [5.74, 6) is 0. The Morgan fingerprint density at radius 2 is 1.80 bits per heavy atom. The molecule has 0 aromatic heterocycles. The first-order valence-corrected chi connectivity index (χ1v) is 3.67. The van der Waals surface area contributed by atoms with Gasteiger partial charge in [-0.15, -0.1) is 0 Å². The Kier molecular flexibility index (Phi) is 2.65. The van der Waals surface area contributed by atoms with Gasteiger partial charge in [-0.05, 0) is 6.92 Å². The molecule has 1 fully saturated rings. The average Bonchev–Trinajstić information content (AvgIpc) is 1.88. The predicted molar refractivity (Wildman–Crippen MR) is 40.2 cm³/mol. The molecule has 1 unspecified atom stereocenters. The van der Waals surface area contributed by atoms with Gasteiger partial charge in [-0.3, -0.25) is 9.80 Å². The normalized spacial score (nSPS) is 26.7. The van der Waals surface area contributed by atoms with Gasteiger partial charge < -0.3 is 5.11 Å². The Balaban J connectivity index is 2.26. The molecule has 1 aliphatic heterocycles. The Labute approximate surface area is 62.2 Å². The van der Waals surface area contributed by atoms with Gasteiger partial charge in [-0.1, -0.05) is 0 Å². The minimum absolute atomic E-state index is 0.298. The zero-order valence-electron chi connectivity index (χ0n) is 6.45. The summed E-state index contributed by atoms with van der Waals surface area (Å²) in [7, 11) is 3.82. The van der Waals surface area contributed by atoms with Crippen LogP contribution in [0, 0.1) is 7.05 Å². The zero-order valence-corrected chi connectivity index (χ0v) is 6.45. The summed E-state index contributed by atoms with van der Waals surface area (Å²) in [6.45, 7) is 5.59. The highest BCUT2D eigenvalue weighted by Crippen LogP contribution is 2.02. The Bertz CT molecular complexity index is 97.8. The van der Waals surface area contributed by atoms with Crippen molar-refractivity contribution < 1.29 is 5.11 Å². The van der Waals surface area contributed by atoms with Crippen molar-refractivity contribution in [2.45, 2.75) is 13.2 Å². The molecule has 0 bridgehead atoms. The molecule has 1 rings (SSSR count). The van der Waals surface area contributed by atoms with Gasteiger partial charge in [0.1, 0.15) is 6.23 Å². The van der Waals surface area contributed by atoms with Crippen LogP contribution in [-0.4, -0.2) is 47.3 Å². The quantitative estimate of drug-likeness (QED) is 0.547. The number of hydrogen-bond donors (Lipinski definition) is 1. The van der Waals surface area contributed by atoms with Gasteiger partial charge >= 0.3 is 0 Å². The third-order valence-electron chi connectivity index (χ3n) is 1.94. The summed E-state index contributed by atoms with van der Waals surface area (Å²) in [6, 6.07) is 0. The molecule has 1 heterocycles. The van der Waals surface area contributed by atoms with Gasteiger partial charge in [0.05, 0.1) is 0 Å². The van der Waals surface area contributed by atoms with E-state index in [1.54, 1.807) is 6.92 Å². The maximum absolute atomic E-state index is 9.15. The highest BCUT2D eigenvalue weighted by molar-refractivity contribution is 4.70. The van der Waals surface area contributed by atoms with E-state index >= 15 is 0 Å². The second kappa shape index (κ2) is 3.32. The van der Waals surface area contributed by atoms with Crippen molar-refractivity contribution in [3.05, 3.63) is 7.05 Å². The van der Waals surface area contributed by atoms with Crippen LogP contribution in [0.4, 0.5) is 0 Å². The minimum Gasteiger partial charge on any atom is -0.379 e. The van der Waals surface area contributed by atoms with Crippen molar-refractivity contribution in [2.75, 3.05) is 26.2 Å². The molecule has 0 saturated carbocycles. The fourth-order valence-corrected chi connectivity index (χ4v) is 1.14. The van der Waals surface area contributed by atoms with Crippen LogP contribution in [0.5, 0.6) is 0 Å². The van der Waals surface area contributed by atoms with Crippen LogP contribution < -0.4 is 0 Å². The van der Waals surface area contributed by atoms with E-state index in [2.05, 4.69) is 7.05 Å². The topological polar surface area (TPSA) is 26.7 Å². The van der Waals surface area contributed by atoms with Crippen LogP contribution in [0.2, 0.25) is 0 Å². The molecule has 0 aromatic carbocycles. The zero-order chi connectivity index (χ0) is 7.56. The van der Waals surface area contributed by atoms with Crippen molar-refractivity contribution >= 4 is 0 Å². The molecule has 59 valence electrons. The van der Waals surface area contributed by atoms with Crippen LogP contribution in [0.15, 0.2) is 0 Å². The lowest BCUT2D eigenvalue weighted by atomic mass is 10.3. The van der Waals surface area contributed by atoms with Crippen LogP contribution in [0.25, 0.3) is 0 Å². The number of nitrogens with zero attached hydrogens (tertiary/aromatic N) is 2. The summed E-state index contributed by atoms with van der Waals surface area (Å²) in [6.07, 6.45) is -0.298. The SMILES string of the molecule is [CH2]N1CCN(C(C)O)CC1.